The first-order valence-corrected chi connectivity index (χ1v) is 8.45. The van der Waals surface area contributed by atoms with Gasteiger partial charge in [-0.15, -0.1) is 0 Å². The third-order valence-corrected chi connectivity index (χ3v) is 4.87. The fourth-order valence-electron chi connectivity index (χ4n) is 2.94. The second-order valence-corrected chi connectivity index (χ2v) is 6.46. The van der Waals surface area contributed by atoms with E-state index in [1.807, 2.05) is 12.1 Å². The number of nitrogens with one attached hydrogen (secondary N) is 1. The maximum atomic E-state index is 5.96. The van der Waals surface area contributed by atoms with Gasteiger partial charge in [-0.05, 0) is 50.2 Å². The largest absolute Gasteiger partial charge is 0.369 e. The van der Waals surface area contributed by atoms with Gasteiger partial charge in [0, 0.05) is 42.9 Å². The van der Waals surface area contributed by atoms with Crippen molar-refractivity contribution < 1.29 is 0 Å². The van der Waals surface area contributed by atoms with Gasteiger partial charge in [0.25, 0.3) is 0 Å². The SMILES string of the molecule is CCNCC(C)C(C)N1CCN(c2ccc(Cl)cc2)CC1. The van der Waals surface area contributed by atoms with Gasteiger partial charge in [0.15, 0.2) is 0 Å². The van der Waals surface area contributed by atoms with E-state index in [4.69, 9.17) is 11.6 Å². The predicted octanol–water partition coefficient (Wildman–Crippen LogP) is 3.10. The lowest BCUT2D eigenvalue weighted by atomic mass is 10.0. The maximum Gasteiger partial charge on any atom is 0.0407 e. The van der Waals surface area contributed by atoms with Crippen molar-refractivity contribution in [3.63, 3.8) is 0 Å². The first-order valence-electron chi connectivity index (χ1n) is 8.07. The molecule has 1 aromatic rings. The molecule has 1 aliphatic heterocycles. The van der Waals surface area contributed by atoms with Gasteiger partial charge < -0.3 is 10.2 Å². The van der Waals surface area contributed by atoms with E-state index in [9.17, 15) is 0 Å². The molecule has 1 saturated heterocycles. The molecule has 0 radical (unpaired) electrons. The van der Waals surface area contributed by atoms with E-state index < -0.39 is 0 Å². The second kappa shape index (κ2) is 8.02. The minimum absolute atomic E-state index is 0.636. The van der Waals surface area contributed by atoms with Crippen LogP contribution in [-0.2, 0) is 0 Å². The summed E-state index contributed by atoms with van der Waals surface area (Å²) in [5, 5.41) is 4.27. The molecule has 1 aromatic carbocycles. The van der Waals surface area contributed by atoms with Crippen LogP contribution in [0.15, 0.2) is 24.3 Å². The van der Waals surface area contributed by atoms with Gasteiger partial charge in [-0.3, -0.25) is 4.90 Å². The van der Waals surface area contributed by atoms with Gasteiger partial charge in [-0.2, -0.15) is 0 Å². The molecule has 0 bridgehead atoms. The number of rotatable bonds is 6. The highest BCUT2D eigenvalue weighted by Gasteiger charge is 2.24. The molecule has 2 atom stereocenters. The van der Waals surface area contributed by atoms with Crippen LogP contribution in [0.4, 0.5) is 5.69 Å². The lowest BCUT2D eigenvalue weighted by Gasteiger charge is -2.41. The Bertz CT molecular complexity index is 413. The van der Waals surface area contributed by atoms with E-state index in [2.05, 4.69) is 48.0 Å². The molecular weight excluding hydrogens is 282 g/mol. The highest BCUT2D eigenvalue weighted by molar-refractivity contribution is 6.30. The lowest BCUT2D eigenvalue weighted by molar-refractivity contribution is 0.151. The fraction of sp³-hybridized carbons (Fsp3) is 0.647. The summed E-state index contributed by atoms with van der Waals surface area (Å²) in [6.07, 6.45) is 0. The molecule has 0 amide bonds. The van der Waals surface area contributed by atoms with Crippen molar-refractivity contribution in [1.82, 2.24) is 10.2 Å². The summed E-state index contributed by atoms with van der Waals surface area (Å²) in [5.41, 5.74) is 1.28. The minimum Gasteiger partial charge on any atom is -0.369 e. The number of halogens is 1. The molecule has 0 aliphatic carbocycles. The number of hydrogen-bond acceptors (Lipinski definition) is 3. The standard InChI is InChI=1S/C17H28ClN3/c1-4-19-13-14(2)15(3)20-9-11-21(12-10-20)17-7-5-16(18)6-8-17/h5-8,14-15,19H,4,9-13H2,1-3H3. The van der Waals surface area contributed by atoms with Gasteiger partial charge in [0.05, 0.1) is 0 Å². The van der Waals surface area contributed by atoms with Crippen LogP contribution < -0.4 is 10.2 Å². The van der Waals surface area contributed by atoms with Crippen LogP contribution in [0.3, 0.4) is 0 Å². The Balaban J connectivity index is 1.83. The number of benzene rings is 1. The molecule has 1 aliphatic rings. The topological polar surface area (TPSA) is 18.5 Å². The third-order valence-electron chi connectivity index (χ3n) is 4.62. The van der Waals surface area contributed by atoms with Crippen molar-refractivity contribution >= 4 is 17.3 Å². The molecule has 3 nitrogen and oxygen atoms in total. The first-order chi connectivity index (χ1) is 10.1. The molecule has 2 unspecified atom stereocenters. The van der Waals surface area contributed by atoms with Crippen molar-refractivity contribution in [1.29, 1.82) is 0 Å². The Hall–Kier alpha value is -0.770. The van der Waals surface area contributed by atoms with Crippen LogP contribution >= 0.6 is 11.6 Å². The Morgan fingerprint density at radius 2 is 1.71 bits per heavy atom. The van der Waals surface area contributed by atoms with Crippen molar-refractivity contribution in [3.8, 4) is 0 Å². The van der Waals surface area contributed by atoms with Gasteiger partial charge >= 0.3 is 0 Å². The van der Waals surface area contributed by atoms with Crippen LogP contribution in [0.5, 0.6) is 0 Å². The highest BCUT2D eigenvalue weighted by atomic mass is 35.5. The zero-order chi connectivity index (χ0) is 15.2. The molecule has 0 saturated carbocycles. The average Bonchev–Trinajstić information content (AvgIpc) is 2.53. The van der Waals surface area contributed by atoms with Crippen LogP contribution in [0.2, 0.25) is 5.02 Å². The molecule has 118 valence electrons. The molecule has 1 fully saturated rings. The third kappa shape index (κ3) is 4.60. The molecule has 1 N–H and O–H groups in total. The van der Waals surface area contributed by atoms with Crippen molar-refractivity contribution in [2.75, 3.05) is 44.2 Å². The van der Waals surface area contributed by atoms with Crippen molar-refractivity contribution in [2.45, 2.75) is 26.8 Å². The van der Waals surface area contributed by atoms with E-state index in [1.165, 1.54) is 5.69 Å². The average molecular weight is 310 g/mol. The molecule has 0 spiro atoms. The molecule has 21 heavy (non-hydrogen) atoms. The number of anilines is 1. The van der Waals surface area contributed by atoms with Crippen LogP contribution in [-0.4, -0.2) is 50.2 Å². The maximum absolute atomic E-state index is 5.96. The summed E-state index contributed by atoms with van der Waals surface area (Å²) in [7, 11) is 0. The van der Waals surface area contributed by atoms with Crippen LogP contribution in [0.25, 0.3) is 0 Å². The zero-order valence-electron chi connectivity index (χ0n) is 13.5. The smallest absolute Gasteiger partial charge is 0.0407 e. The van der Waals surface area contributed by atoms with E-state index >= 15 is 0 Å². The Morgan fingerprint density at radius 1 is 1.10 bits per heavy atom. The van der Waals surface area contributed by atoms with E-state index in [0.29, 0.717) is 12.0 Å². The zero-order valence-corrected chi connectivity index (χ0v) is 14.2. The van der Waals surface area contributed by atoms with Gasteiger partial charge in [-0.25, -0.2) is 0 Å². The van der Waals surface area contributed by atoms with Gasteiger partial charge in [0.2, 0.25) is 0 Å². The monoisotopic (exact) mass is 309 g/mol. The van der Waals surface area contributed by atoms with Gasteiger partial charge in [0.1, 0.15) is 0 Å². The summed E-state index contributed by atoms with van der Waals surface area (Å²) in [4.78, 5) is 5.07. The number of hydrogen-bond donors (Lipinski definition) is 1. The van der Waals surface area contributed by atoms with E-state index in [1.54, 1.807) is 0 Å². The molecule has 1 heterocycles. The molecule has 4 heteroatoms. The first kappa shape index (κ1) is 16.6. The van der Waals surface area contributed by atoms with E-state index in [-0.39, 0.29) is 0 Å². The quantitative estimate of drug-likeness (QED) is 0.871. The molecule has 2 rings (SSSR count). The number of piperazine rings is 1. The Morgan fingerprint density at radius 3 is 2.29 bits per heavy atom. The summed E-state index contributed by atoms with van der Waals surface area (Å²) < 4.78 is 0. The van der Waals surface area contributed by atoms with Crippen molar-refractivity contribution in [2.24, 2.45) is 5.92 Å². The normalized spacial score (nSPS) is 19.5. The minimum atomic E-state index is 0.636. The Kier molecular flexibility index (Phi) is 6.34. The van der Waals surface area contributed by atoms with E-state index in [0.717, 1.165) is 44.3 Å². The van der Waals surface area contributed by atoms with Crippen LogP contribution in [0, 0.1) is 5.92 Å². The number of nitrogens with zero attached hydrogens (tertiary/aromatic N) is 2. The summed E-state index contributed by atoms with van der Waals surface area (Å²) >= 11 is 5.96. The summed E-state index contributed by atoms with van der Waals surface area (Å²) in [6.45, 7) is 13.5. The predicted molar refractivity (Wildman–Crippen MR) is 92.4 cm³/mol. The molecular formula is C17H28ClN3. The van der Waals surface area contributed by atoms with Crippen LogP contribution in [0.1, 0.15) is 20.8 Å². The summed E-state index contributed by atoms with van der Waals surface area (Å²) in [6, 6.07) is 8.83. The fourth-order valence-corrected chi connectivity index (χ4v) is 3.07. The highest BCUT2D eigenvalue weighted by Crippen LogP contribution is 2.21. The van der Waals surface area contributed by atoms with Gasteiger partial charge in [-0.1, -0.05) is 25.4 Å². The summed E-state index contributed by atoms with van der Waals surface area (Å²) in [5.74, 6) is 0.687. The lowest BCUT2D eigenvalue weighted by Crippen LogP contribution is -2.52. The van der Waals surface area contributed by atoms with Crippen molar-refractivity contribution in [3.05, 3.63) is 29.3 Å². The molecule has 0 aromatic heterocycles. The second-order valence-electron chi connectivity index (χ2n) is 6.02. The Labute approximate surface area is 134 Å².